The lowest BCUT2D eigenvalue weighted by Crippen LogP contribution is -2.46. The van der Waals surface area contributed by atoms with Crippen LogP contribution >= 0.6 is 0 Å². The quantitative estimate of drug-likeness (QED) is 0.732. The molecule has 3 heteroatoms. The third-order valence-corrected chi connectivity index (χ3v) is 2.74. The molecule has 0 aliphatic carbocycles. The normalized spacial score (nSPS) is 23.0. The maximum absolute atomic E-state index is 5.93. The van der Waals surface area contributed by atoms with Crippen molar-refractivity contribution >= 4 is 6.08 Å². The highest BCUT2D eigenvalue weighted by Gasteiger charge is 2.37. The van der Waals surface area contributed by atoms with Gasteiger partial charge in [0.15, 0.2) is 5.60 Å². The molecule has 0 bridgehead atoms. The van der Waals surface area contributed by atoms with Gasteiger partial charge in [0.25, 0.3) is 0 Å². The summed E-state index contributed by atoms with van der Waals surface area (Å²) in [4.78, 5) is 0. The third-order valence-electron chi connectivity index (χ3n) is 2.74. The largest absolute Gasteiger partial charge is 0.478 e. The molecule has 86 valence electrons. The molecular formula is C13H16O3. The van der Waals surface area contributed by atoms with Crippen LogP contribution in [0.5, 0.6) is 5.75 Å². The molecule has 1 aliphatic heterocycles. The summed E-state index contributed by atoms with van der Waals surface area (Å²) in [6.07, 6.45) is 3.58. The first-order valence-corrected chi connectivity index (χ1v) is 5.22. The fraction of sp³-hybridized carbons (Fsp3) is 0.385. The van der Waals surface area contributed by atoms with E-state index in [9.17, 15) is 0 Å². The van der Waals surface area contributed by atoms with Crippen LogP contribution in [0.25, 0.3) is 6.08 Å². The van der Waals surface area contributed by atoms with E-state index in [2.05, 4.69) is 0 Å². The molecule has 0 spiro atoms. The average molecular weight is 220 g/mol. The van der Waals surface area contributed by atoms with Crippen molar-refractivity contribution in [2.24, 2.45) is 0 Å². The first-order valence-electron chi connectivity index (χ1n) is 5.22. The fourth-order valence-corrected chi connectivity index (χ4v) is 1.93. The molecule has 1 aromatic rings. The molecule has 16 heavy (non-hydrogen) atoms. The Bertz CT molecular complexity index is 396. The second-order valence-corrected chi connectivity index (χ2v) is 3.96. The monoisotopic (exact) mass is 220 g/mol. The Hall–Kier alpha value is -1.32. The Morgan fingerprint density at radius 3 is 2.56 bits per heavy atom. The minimum atomic E-state index is -0.585. The average Bonchev–Trinajstić information content (AvgIpc) is 2.30. The molecule has 3 nitrogen and oxygen atoms in total. The van der Waals surface area contributed by atoms with Crippen molar-refractivity contribution in [3.8, 4) is 5.75 Å². The van der Waals surface area contributed by atoms with E-state index in [1.54, 1.807) is 14.2 Å². The summed E-state index contributed by atoms with van der Waals surface area (Å²) in [5.41, 5.74) is 0.489. The molecule has 0 radical (unpaired) electrons. The zero-order valence-corrected chi connectivity index (χ0v) is 9.77. The SMILES string of the molecule is COC(OC)C1(C)C=Cc2ccccc2O1. The van der Waals surface area contributed by atoms with Crippen molar-refractivity contribution in [2.45, 2.75) is 18.8 Å². The fourth-order valence-electron chi connectivity index (χ4n) is 1.93. The number of fused-ring (bicyclic) bond motifs is 1. The van der Waals surface area contributed by atoms with Gasteiger partial charge in [-0.1, -0.05) is 24.3 Å². The zero-order chi connectivity index (χ0) is 11.6. The van der Waals surface area contributed by atoms with E-state index in [1.807, 2.05) is 43.3 Å². The van der Waals surface area contributed by atoms with Crippen LogP contribution in [0.3, 0.4) is 0 Å². The van der Waals surface area contributed by atoms with Gasteiger partial charge in [0.2, 0.25) is 6.29 Å². The van der Waals surface area contributed by atoms with E-state index >= 15 is 0 Å². The van der Waals surface area contributed by atoms with Crippen LogP contribution in [0, 0.1) is 0 Å². The van der Waals surface area contributed by atoms with Crippen molar-refractivity contribution in [2.75, 3.05) is 14.2 Å². The predicted molar refractivity (Wildman–Crippen MR) is 62.3 cm³/mol. The van der Waals surface area contributed by atoms with Crippen LogP contribution in [0.4, 0.5) is 0 Å². The van der Waals surface area contributed by atoms with Gasteiger partial charge in [-0.3, -0.25) is 0 Å². The van der Waals surface area contributed by atoms with Gasteiger partial charge in [0.1, 0.15) is 5.75 Å². The van der Waals surface area contributed by atoms with Crippen molar-refractivity contribution in [1.82, 2.24) is 0 Å². The van der Waals surface area contributed by atoms with Gasteiger partial charge in [-0.2, -0.15) is 0 Å². The van der Waals surface area contributed by atoms with Gasteiger partial charge >= 0.3 is 0 Å². The molecule has 0 saturated heterocycles. The van der Waals surface area contributed by atoms with Gasteiger partial charge in [-0.25, -0.2) is 0 Å². The van der Waals surface area contributed by atoms with Crippen molar-refractivity contribution in [3.05, 3.63) is 35.9 Å². The van der Waals surface area contributed by atoms with E-state index in [-0.39, 0.29) is 0 Å². The number of benzene rings is 1. The first kappa shape index (κ1) is 11.2. The molecule has 1 atom stereocenters. The number of rotatable bonds is 3. The number of methoxy groups -OCH3 is 2. The summed E-state index contributed by atoms with van der Waals surface area (Å²) in [5.74, 6) is 0.853. The number of para-hydroxylation sites is 1. The Labute approximate surface area is 95.6 Å². The summed E-state index contributed by atoms with van der Waals surface area (Å²) >= 11 is 0. The predicted octanol–water partition coefficient (Wildman–Crippen LogP) is 2.47. The van der Waals surface area contributed by atoms with E-state index in [4.69, 9.17) is 14.2 Å². The minimum absolute atomic E-state index is 0.419. The van der Waals surface area contributed by atoms with E-state index in [0.717, 1.165) is 11.3 Å². The molecule has 0 fully saturated rings. The second-order valence-electron chi connectivity index (χ2n) is 3.96. The standard InChI is InChI=1S/C13H16O3/c1-13(12(14-2)15-3)9-8-10-6-4-5-7-11(10)16-13/h4-9,12H,1-3H3. The Morgan fingerprint density at radius 1 is 1.19 bits per heavy atom. The van der Waals surface area contributed by atoms with E-state index < -0.39 is 11.9 Å². The van der Waals surface area contributed by atoms with Crippen LogP contribution in [0.2, 0.25) is 0 Å². The molecule has 1 unspecified atom stereocenters. The van der Waals surface area contributed by atoms with Gasteiger partial charge in [-0.05, 0) is 19.1 Å². The highest BCUT2D eigenvalue weighted by atomic mass is 16.7. The summed E-state index contributed by atoms with van der Waals surface area (Å²) in [6, 6.07) is 7.89. The molecule has 0 aromatic heterocycles. The van der Waals surface area contributed by atoms with Gasteiger partial charge in [0.05, 0.1) is 0 Å². The summed E-state index contributed by atoms with van der Waals surface area (Å²) in [5, 5.41) is 0. The van der Waals surface area contributed by atoms with Crippen LogP contribution in [0.15, 0.2) is 30.3 Å². The minimum Gasteiger partial charge on any atom is -0.478 e. The lowest BCUT2D eigenvalue weighted by atomic mass is 9.99. The summed E-state index contributed by atoms with van der Waals surface area (Å²) < 4.78 is 16.4. The van der Waals surface area contributed by atoms with Crippen molar-refractivity contribution in [3.63, 3.8) is 0 Å². The van der Waals surface area contributed by atoms with Crippen LogP contribution < -0.4 is 4.74 Å². The van der Waals surface area contributed by atoms with Gasteiger partial charge < -0.3 is 14.2 Å². The Kier molecular flexibility index (Phi) is 2.99. The Morgan fingerprint density at radius 2 is 1.88 bits per heavy atom. The lowest BCUT2D eigenvalue weighted by Gasteiger charge is -2.36. The maximum atomic E-state index is 5.93. The molecule has 2 rings (SSSR count). The molecular weight excluding hydrogens is 204 g/mol. The van der Waals surface area contributed by atoms with Crippen molar-refractivity contribution < 1.29 is 14.2 Å². The molecule has 1 aliphatic rings. The molecule has 0 amide bonds. The highest BCUT2D eigenvalue weighted by Crippen LogP contribution is 2.33. The molecule has 0 N–H and O–H groups in total. The number of hydrogen-bond donors (Lipinski definition) is 0. The number of hydrogen-bond acceptors (Lipinski definition) is 3. The smallest absolute Gasteiger partial charge is 0.200 e. The third kappa shape index (κ3) is 1.84. The molecule has 1 heterocycles. The van der Waals surface area contributed by atoms with E-state index in [1.165, 1.54) is 0 Å². The molecule has 1 aromatic carbocycles. The Balaban J connectivity index is 2.31. The van der Waals surface area contributed by atoms with Crippen LogP contribution in [-0.4, -0.2) is 26.1 Å². The second kappa shape index (κ2) is 4.28. The van der Waals surface area contributed by atoms with Crippen LogP contribution in [-0.2, 0) is 9.47 Å². The molecule has 0 saturated carbocycles. The van der Waals surface area contributed by atoms with Crippen LogP contribution in [0.1, 0.15) is 12.5 Å². The first-order chi connectivity index (χ1) is 7.69. The van der Waals surface area contributed by atoms with Gasteiger partial charge in [0, 0.05) is 19.8 Å². The highest BCUT2D eigenvalue weighted by molar-refractivity contribution is 5.60. The lowest BCUT2D eigenvalue weighted by molar-refractivity contribution is -0.180. The summed E-state index contributed by atoms with van der Waals surface area (Å²) in [6.45, 7) is 1.94. The number of ether oxygens (including phenoxy) is 3. The van der Waals surface area contributed by atoms with Crippen molar-refractivity contribution in [1.29, 1.82) is 0 Å². The van der Waals surface area contributed by atoms with E-state index in [0.29, 0.717) is 0 Å². The maximum Gasteiger partial charge on any atom is 0.200 e. The topological polar surface area (TPSA) is 27.7 Å². The van der Waals surface area contributed by atoms with Gasteiger partial charge in [-0.15, -0.1) is 0 Å². The summed E-state index contributed by atoms with van der Waals surface area (Å²) in [7, 11) is 3.22. The zero-order valence-electron chi connectivity index (χ0n) is 9.77.